The molecular weight excluding hydrogens is 220 g/mol. The molecule has 2 amide bonds. The molecule has 0 unspecified atom stereocenters. The van der Waals surface area contributed by atoms with Gasteiger partial charge in [-0.15, -0.1) is 10.1 Å². The third-order valence-electron chi connectivity index (χ3n) is 1.51. The predicted molar refractivity (Wildman–Crippen MR) is 52.2 cm³/mol. The molecule has 0 spiro atoms. The van der Waals surface area contributed by atoms with Crippen LogP contribution in [-0.4, -0.2) is 44.6 Å². The average Bonchev–Trinajstić information content (AvgIpc) is 2.09. The van der Waals surface area contributed by atoms with Gasteiger partial charge in [0.2, 0.25) is 0 Å². The largest absolute Gasteiger partial charge is 0.463 e. The lowest BCUT2D eigenvalue weighted by Gasteiger charge is -2.25. The van der Waals surface area contributed by atoms with Gasteiger partial charge < -0.3 is 10.2 Å². The van der Waals surface area contributed by atoms with E-state index in [1.807, 2.05) is 0 Å². The monoisotopic (exact) mass is 236 g/mol. The second-order valence-corrected chi connectivity index (χ2v) is 3.55. The maximum absolute atomic E-state index is 10.6. The molecule has 8 heteroatoms. The van der Waals surface area contributed by atoms with E-state index in [1.54, 1.807) is 27.7 Å². The van der Waals surface area contributed by atoms with Crippen molar-refractivity contribution < 1.29 is 29.8 Å². The third kappa shape index (κ3) is 4.32. The lowest BCUT2D eigenvalue weighted by molar-refractivity contribution is -0.499. The summed E-state index contributed by atoms with van der Waals surface area (Å²) < 4.78 is 0. The molecule has 0 fully saturated rings. The van der Waals surface area contributed by atoms with Crippen LogP contribution in [0.3, 0.4) is 0 Å². The lowest BCUT2D eigenvalue weighted by atomic mass is 10.4. The summed E-state index contributed by atoms with van der Waals surface area (Å²) in [5.41, 5.74) is 0. The number of hydrogen-bond donors (Lipinski definition) is 2. The first-order chi connectivity index (χ1) is 7.27. The smallest absolute Gasteiger partial charge is 0.434 e. The van der Waals surface area contributed by atoms with E-state index in [9.17, 15) is 9.59 Å². The lowest BCUT2D eigenvalue weighted by Crippen LogP contribution is -2.42. The summed E-state index contributed by atoms with van der Waals surface area (Å²) in [5, 5.41) is 18.4. The van der Waals surface area contributed by atoms with Crippen molar-refractivity contribution in [2.45, 2.75) is 39.8 Å². The Labute approximate surface area is 92.8 Å². The van der Waals surface area contributed by atoms with Gasteiger partial charge in [-0.25, -0.2) is 9.59 Å². The second-order valence-electron chi connectivity index (χ2n) is 3.55. The van der Waals surface area contributed by atoms with Gasteiger partial charge in [-0.1, -0.05) is 9.98 Å². The van der Waals surface area contributed by atoms with Crippen LogP contribution in [-0.2, 0) is 9.98 Å². The predicted octanol–water partition coefficient (Wildman–Crippen LogP) is 1.54. The van der Waals surface area contributed by atoms with Crippen LogP contribution in [0.15, 0.2) is 0 Å². The molecule has 0 heterocycles. The van der Waals surface area contributed by atoms with Crippen molar-refractivity contribution in [2.24, 2.45) is 0 Å². The summed E-state index contributed by atoms with van der Waals surface area (Å²) in [7, 11) is 0. The minimum absolute atomic E-state index is 0.498. The highest BCUT2D eigenvalue weighted by Crippen LogP contribution is 2.06. The van der Waals surface area contributed by atoms with Crippen LogP contribution in [0.1, 0.15) is 27.7 Å². The van der Waals surface area contributed by atoms with Gasteiger partial charge in [0.05, 0.1) is 12.1 Å². The zero-order valence-corrected chi connectivity index (χ0v) is 9.58. The van der Waals surface area contributed by atoms with Crippen LogP contribution in [0.25, 0.3) is 0 Å². The Morgan fingerprint density at radius 3 is 1.25 bits per heavy atom. The molecule has 0 atom stereocenters. The molecule has 8 nitrogen and oxygen atoms in total. The Balaban J connectivity index is 4.38. The highest BCUT2D eigenvalue weighted by atomic mass is 17.3. The van der Waals surface area contributed by atoms with Gasteiger partial charge in [-0.05, 0) is 27.7 Å². The molecular formula is C8H16N2O6. The van der Waals surface area contributed by atoms with Gasteiger partial charge in [0.15, 0.2) is 0 Å². The fourth-order valence-electron chi connectivity index (χ4n) is 0.749. The van der Waals surface area contributed by atoms with Crippen LogP contribution in [0.2, 0.25) is 0 Å². The van der Waals surface area contributed by atoms with Crippen LogP contribution in [0, 0.1) is 0 Å². The molecule has 0 saturated heterocycles. The molecule has 0 radical (unpaired) electrons. The van der Waals surface area contributed by atoms with Crippen molar-refractivity contribution in [3.63, 3.8) is 0 Å². The minimum Gasteiger partial charge on any atom is -0.463 e. The third-order valence-corrected chi connectivity index (χ3v) is 1.51. The Morgan fingerprint density at radius 2 is 1.12 bits per heavy atom. The van der Waals surface area contributed by atoms with Crippen molar-refractivity contribution in [1.82, 2.24) is 10.1 Å². The second kappa shape index (κ2) is 6.13. The standard InChI is InChI=1S/C8H16N2O6/c1-5(2)9(7(11)12)15-16-10(6(3)4)8(13)14/h5-6H,1-4H3,(H,11,12)(H,13,14). The quantitative estimate of drug-likeness (QED) is 0.554. The molecule has 0 aliphatic carbocycles. The van der Waals surface area contributed by atoms with Gasteiger partial charge in [-0.3, -0.25) is 0 Å². The zero-order chi connectivity index (χ0) is 12.9. The van der Waals surface area contributed by atoms with Crippen molar-refractivity contribution in [1.29, 1.82) is 0 Å². The van der Waals surface area contributed by atoms with Crippen LogP contribution in [0.4, 0.5) is 9.59 Å². The van der Waals surface area contributed by atoms with Crippen LogP contribution in [0.5, 0.6) is 0 Å². The number of nitrogens with zero attached hydrogens (tertiary/aromatic N) is 2. The average molecular weight is 236 g/mol. The van der Waals surface area contributed by atoms with Gasteiger partial charge >= 0.3 is 12.2 Å². The van der Waals surface area contributed by atoms with E-state index in [-0.39, 0.29) is 0 Å². The summed E-state index contributed by atoms with van der Waals surface area (Å²) in [6.07, 6.45) is -2.74. The maximum atomic E-state index is 10.6. The van der Waals surface area contributed by atoms with Crippen LogP contribution >= 0.6 is 0 Å². The normalized spacial score (nSPS) is 10.6. The van der Waals surface area contributed by atoms with E-state index in [0.717, 1.165) is 0 Å². The first kappa shape index (κ1) is 14.5. The van der Waals surface area contributed by atoms with E-state index in [2.05, 4.69) is 9.98 Å². The minimum atomic E-state index is -1.37. The summed E-state index contributed by atoms with van der Waals surface area (Å²) in [5.74, 6) is 0. The fourth-order valence-corrected chi connectivity index (χ4v) is 0.749. The Hall–Kier alpha value is -1.54. The fraction of sp³-hybridized carbons (Fsp3) is 0.750. The number of rotatable bonds is 5. The molecule has 0 aromatic carbocycles. The van der Waals surface area contributed by atoms with E-state index in [4.69, 9.17) is 10.2 Å². The topological polar surface area (TPSA) is 99.5 Å². The zero-order valence-electron chi connectivity index (χ0n) is 9.58. The van der Waals surface area contributed by atoms with Gasteiger partial charge in [-0.2, -0.15) is 0 Å². The number of carbonyl (C=O) groups is 2. The first-order valence-electron chi connectivity index (χ1n) is 4.66. The van der Waals surface area contributed by atoms with E-state index < -0.39 is 24.3 Å². The molecule has 16 heavy (non-hydrogen) atoms. The van der Waals surface area contributed by atoms with Gasteiger partial charge in [0.25, 0.3) is 0 Å². The van der Waals surface area contributed by atoms with E-state index >= 15 is 0 Å². The molecule has 0 rings (SSSR count). The molecule has 0 saturated carbocycles. The molecule has 0 bridgehead atoms. The van der Waals surface area contributed by atoms with Crippen molar-refractivity contribution >= 4 is 12.2 Å². The molecule has 0 aliphatic rings. The number of carboxylic acid groups (broad SMARTS) is 2. The SMILES string of the molecule is CC(C)N(OON(C(=O)O)C(C)C)C(=O)O. The summed E-state index contributed by atoms with van der Waals surface area (Å²) in [6, 6.07) is -0.999. The highest BCUT2D eigenvalue weighted by molar-refractivity contribution is 5.64. The Morgan fingerprint density at radius 1 is 0.875 bits per heavy atom. The van der Waals surface area contributed by atoms with E-state index in [0.29, 0.717) is 10.1 Å². The number of hydrogen-bond acceptors (Lipinski definition) is 4. The molecule has 2 N–H and O–H groups in total. The van der Waals surface area contributed by atoms with Crippen molar-refractivity contribution in [3.8, 4) is 0 Å². The highest BCUT2D eigenvalue weighted by Gasteiger charge is 2.23. The van der Waals surface area contributed by atoms with Crippen molar-refractivity contribution in [3.05, 3.63) is 0 Å². The first-order valence-corrected chi connectivity index (χ1v) is 4.66. The van der Waals surface area contributed by atoms with Gasteiger partial charge in [0.1, 0.15) is 0 Å². The molecule has 0 aromatic heterocycles. The summed E-state index contributed by atoms with van der Waals surface area (Å²) in [6.45, 7) is 6.21. The Bertz CT molecular complexity index is 229. The van der Waals surface area contributed by atoms with E-state index in [1.165, 1.54) is 0 Å². The molecule has 0 aromatic rings. The number of amides is 2. The summed E-state index contributed by atoms with van der Waals surface area (Å²) >= 11 is 0. The van der Waals surface area contributed by atoms with Crippen molar-refractivity contribution in [2.75, 3.05) is 0 Å². The van der Waals surface area contributed by atoms with Gasteiger partial charge in [0, 0.05) is 0 Å². The summed E-state index contributed by atoms with van der Waals surface area (Å²) in [4.78, 5) is 30.2. The number of hydroxylamine groups is 4. The van der Waals surface area contributed by atoms with Crippen LogP contribution < -0.4 is 0 Å². The molecule has 94 valence electrons. The molecule has 0 aliphatic heterocycles. The Kier molecular flexibility index (Phi) is 5.54. The maximum Gasteiger partial charge on any atom is 0.434 e.